The molecule has 0 saturated carbocycles. The lowest BCUT2D eigenvalue weighted by Crippen LogP contribution is -2.21. The van der Waals surface area contributed by atoms with Gasteiger partial charge in [-0.05, 0) is 38.5 Å². The fourth-order valence-electron chi connectivity index (χ4n) is 2.35. The highest BCUT2D eigenvalue weighted by Crippen LogP contribution is 2.09. The van der Waals surface area contributed by atoms with Crippen molar-refractivity contribution in [1.29, 1.82) is 0 Å². The van der Waals surface area contributed by atoms with Crippen LogP contribution in [-0.2, 0) is 0 Å². The molecule has 4 heteroatoms. The molecule has 110 valence electrons. The van der Waals surface area contributed by atoms with E-state index in [1.54, 1.807) is 13.0 Å². The van der Waals surface area contributed by atoms with Crippen molar-refractivity contribution in [3.05, 3.63) is 75.8 Å². The van der Waals surface area contributed by atoms with Gasteiger partial charge in [0.15, 0.2) is 0 Å². The minimum Gasteiger partial charge on any atom is -0.267 e. The van der Waals surface area contributed by atoms with Crippen molar-refractivity contribution in [2.45, 2.75) is 20.8 Å². The average molecular weight is 291 g/mol. The largest absolute Gasteiger partial charge is 0.282 e. The topological polar surface area (TPSA) is 47.2 Å². The molecule has 2 aromatic carbocycles. The van der Waals surface area contributed by atoms with Gasteiger partial charge >= 0.3 is 0 Å². The third-order valence-corrected chi connectivity index (χ3v) is 3.63. The van der Waals surface area contributed by atoms with Crippen LogP contribution in [0.5, 0.6) is 0 Å². The Balaban J connectivity index is 2.16. The maximum absolute atomic E-state index is 12.6. The van der Waals surface area contributed by atoms with E-state index in [0.717, 1.165) is 11.3 Å². The van der Waals surface area contributed by atoms with Gasteiger partial charge in [-0.25, -0.2) is 4.98 Å². The van der Waals surface area contributed by atoms with E-state index in [1.165, 1.54) is 10.2 Å². The number of nitrogens with zero attached hydrogens (tertiary/aromatic N) is 3. The molecule has 0 unspecified atom stereocenters. The van der Waals surface area contributed by atoms with Gasteiger partial charge in [0.2, 0.25) is 0 Å². The van der Waals surface area contributed by atoms with Gasteiger partial charge in [-0.15, -0.1) is 0 Å². The number of fused-ring (bicyclic) bond motifs is 1. The molecule has 0 saturated heterocycles. The zero-order valence-corrected chi connectivity index (χ0v) is 12.9. The molecule has 1 heterocycles. The third kappa shape index (κ3) is 2.55. The van der Waals surface area contributed by atoms with Crippen LogP contribution < -0.4 is 5.56 Å². The Kier molecular flexibility index (Phi) is 3.59. The van der Waals surface area contributed by atoms with Gasteiger partial charge in [0.05, 0.1) is 16.6 Å². The van der Waals surface area contributed by atoms with E-state index in [0.29, 0.717) is 16.7 Å². The zero-order valence-electron chi connectivity index (χ0n) is 12.9. The van der Waals surface area contributed by atoms with Crippen LogP contribution in [0.15, 0.2) is 58.4 Å². The number of para-hydroxylation sites is 1. The van der Waals surface area contributed by atoms with Crippen LogP contribution in [-0.4, -0.2) is 15.4 Å². The van der Waals surface area contributed by atoms with Gasteiger partial charge in [-0.1, -0.05) is 42.0 Å². The second-order valence-corrected chi connectivity index (χ2v) is 5.34. The summed E-state index contributed by atoms with van der Waals surface area (Å²) in [4.78, 5) is 17.0. The average Bonchev–Trinajstić information content (AvgIpc) is 2.52. The molecular weight excluding hydrogens is 274 g/mol. The van der Waals surface area contributed by atoms with Crippen molar-refractivity contribution in [3.63, 3.8) is 0 Å². The SMILES string of the molecule is C/C(=N\n1c(C)nc2ccccc2c1=O)c1ccc(C)cc1. The second kappa shape index (κ2) is 5.56. The molecule has 3 aromatic rings. The Labute approximate surface area is 128 Å². The van der Waals surface area contributed by atoms with Gasteiger partial charge in [-0.3, -0.25) is 4.79 Å². The molecular formula is C18H17N3O. The zero-order chi connectivity index (χ0) is 15.7. The summed E-state index contributed by atoms with van der Waals surface area (Å²) >= 11 is 0. The quantitative estimate of drug-likeness (QED) is 0.680. The van der Waals surface area contributed by atoms with Gasteiger partial charge in [0, 0.05) is 0 Å². The summed E-state index contributed by atoms with van der Waals surface area (Å²) < 4.78 is 1.37. The van der Waals surface area contributed by atoms with E-state index < -0.39 is 0 Å². The Hall–Kier alpha value is -2.75. The van der Waals surface area contributed by atoms with Crippen LogP contribution >= 0.6 is 0 Å². The number of aromatic nitrogens is 2. The van der Waals surface area contributed by atoms with Crippen LogP contribution in [0.2, 0.25) is 0 Å². The standard InChI is InChI=1S/C18H17N3O/c1-12-8-10-15(11-9-12)13(2)20-21-14(3)19-17-7-5-4-6-16(17)18(21)22/h4-11H,1-3H3/b20-13+. The number of rotatable bonds is 2. The fraction of sp³-hybridized carbons (Fsp3) is 0.167. The summed E-state index contributed by atoms with van der Waals surface area (Å²) in [5, 5.41) is 5.04. The van der Waals surface area contributed by atoms with Crippen molar-refractivity contribution in [1.82, 2.24) is 9.66 Å². The first-order chi connectivity index (χ1) is 10.6. The summed E-state index contributed by atoms with van der Waals surface area (Å²) in [7, 11) is 0. The van der Waals surface area contributed by atoms with Crippen LogP contribution in [0, 0.1) is 13.8 Å². The molecule has 4 nitrogen and oxygen atoms in total. The highest BCUT2D eigenvalue weighted by atomic mass is 16.1. The number of aryl methyl sites for hydroxylation is 2. The Morgan fingerprint density at radius 2 is 1.73 bits per heavy atom. The first kappa shape index (κ1) is 14.2. The van der Waals surface area contributed by atoms with Gasteiger partial charge in [-0.2, -0.15) is 9.78 Å². The van der Waals surface area contributed by atoms with E-state index in [9.17, 15) is 4.79 Å². The van der Waals surface area contributed by atoms with Crippen LogP contribution in [0.3, 0.4) is 0 Å². The Morgan fingerprint density at radius 1 is 1.05 bits per heavy atom. The van der Waals surface area contributed by atoms with Gasteiger partial charge in [0.1, 0.15) is 5.82 Å². The van der Waals surface area contributed by atoms with Crippen molar-refractivity contribution in [2.24, 2.45) is 5.10 Å². The molecule has 0 amide bonds. The fourth-order valence-corrected chi connectivity index (χ4v) is 2.35. The predicted molar refractivity (Wildman–Crippen MR) is 89.5 cm³/mol. The van der Waals surface area contributed by atoms with E-state index in [-0.39, 0.29) is 5.56 Å². The molecule has 0 atom stereocenters. The van der Waals surface area contributed by atoms with E-state index in [2.05, 4.69) is 10.1 Å². The van der Waals surface area contributed by atoms with E-state index >= 15 is 0 Å². The molecule has 0 aliphatic heterocycles. The van der Waals surface area contributed by atoms with Crippen molar-refractivity contribution in [3.8, 4) is 0 Å². The highest BCUT2D eigenvalue weighted by Gasteiger charge is 2.07. The molecule has 0 N–H and O–H groups in total. The smallest absolute Gasteiger partial charge is 0.267 e. The summed E-state index contributed by atoms with van der Waals surface area (Å²) in [6.45, 7) is 5.73. The first-order valence-electron chi connectivity index (χ1n) is 7.17. The molecule has 1 aromatic heterocycles. The van der Waals surface area contributed by atoms with E-state index in [4.69, 9.17) is 0 Å². The lowest BCUT2D eigenvalue weighted by molar-refractivity contribution is 0.766. The molecule has 22 heavy (non-hydrogen) atoms. The molecule has 0 radical (unpaired) electrons. The predicted octanol–water partition coefficient (Wildman–Crippen LogP) is 3.29. The molecule has 0 spiro atoms. The minimum absolute atomic E-state index is 0.144. The van der Waals surface area contributed by atoms with Crippen LogP contribution in [0.25, 0.3) is 10.9 Å². The lowest BCUT2D eigenvalue weighted by atomic mass is 10.1. The molecule has 0 fully saturated rings. The Bertz CT molecular complexity index is 921. The summed E-state index contributed by atoms with van der Waals surface area (Å²) in [6.07, 6.45) is 0. The summed E-state index contributed by atoms with van der Waals surface area (Å²) in [6, 6.07) is 15.4. The molecule has 0 aliphatic rings. The number of benzene rings is 2. The van der Waals surface area contributed by atoms with Crippen molar-refractivity contribution < 1.29 is 0 Å². The number of hydrogen-bond donors (Lipinski definition) is 0. The third-order valence-electron chi connectivity index (χ3n) is 3.63. The molecule has 0 bridgehead atoms. The summed E-state index contributed by atoms with van der Waals surface area (Å²) in [5.41, 5.74) is 3.52. The van der Waals surface area contributed by atoms with E-state index in [1.807, 2.05) is 56.3 Å². The van der Waals surface area contributed by atoms with Crippen molar-refractivity contribution in [2.75, 3.05) is 0 Å². The lowest BCUT2D eigenvalue weighted by Gasteiger charge is -2.07. The Morgan fingerprint density at radius 3 is 2.45 bits per heavy atom. The highest BCUT2D eigenvalue weighted by molar-refractivity contribution is 5.98. The first-order valence-corrected chi connectivity index (χ1v) is 7.17. The number of hydrogen-bond acceptors (Lipinski definition) is 3. The minimum atomic E-state index is -0.144. The van der Waals surface area contributed by atoms with Crippen LogP contribution in [0.4, 0.5) is 0 Å². The summed E-state index contributed by atoms with van der Waals surface area (Å²) in [5.74, 6) is 0.579. The van der Waals surface area contributed by atoms with Gasteiger partial charge in [0.25, 0.3) is 5.56 Å². The van der Waals surface area contributed by atoms with Crippen molar-refractivity contribution >= 4 is 16.6 Å². The van der Waals surface area contributed by atoms with Crippen LogP contribution in [0.1, 0.15) is 23.9 Å². The second-order valence-electron chi connectivity index (χ2n) is 5.34. The molecule has 3 rings (SSSR count). The van der Waals surface area contributed by atoms with Gasteiger partial charge < -0.3 is 0 Å². The maximum atomic E-state index is 12.6. The maximum Gasteiger partial charge on any atom is 0.282 e. The normalized spacial score (nSPS) is 11.9. The molecule has 0 aliphatic carbocycles. The monoisotopic (exact) mass is 291 g/mol.